The largest absolute Gasteiger partial charge is 0.507 e. The molecule has 4 aromatic rings. The number of fused-ring (bicyclic) bond motifs is 2. The smallest absolute Gasteiger partial charge is 0.301 e. The highest BCUT2D eigenvalue weighted by Crippen LogP contribution is 2.46. The molecule has 9 heteroatoms. The maximum atomic E-state index is 13.3. The first-order chi connectivity index (χ1) is 16.4. The Labute approximate surface area is 207 Å². The van der Waals surface area contributed by atoms with Crippen LogP contribution in [-0.4, -0.2) is 27.9 Å². The molecule has 0 unspecified atom stereocenters. The number of aromatic nitrogens is 1. The second-order valence-corrected chi connectivity index (χ2v) is 10.7. The van der Waals surface area contributed by atoms with Crippen LogP contribution in [0.5, 0.6) is 5.75 Å². The summed E-state index contributed by atoms with van der Waals surface area (Å²) < 4.78 is 6.56. The van der Waals surface area contributed by atoms with Crippen molar-refractivity contribution >= 4 is 67.1 Å². The quantitative estimate of drug-likeness (QED) is 0.210. The molecule has 1 amide bonds. The van der Waals surface area contributed by atoms with Gasteiger partial charge in [-0.1, -0.05) is 29.0 Å². The Hall–Kier alpha value is -3.20. The molecule has 2 aliphatic heterocycles. The van der Waals surface area contributed by atoms with Crippen molar-refractivity contribution in [2.75, 3.05) is 4.90 Å². The zero-order chi connectivity index (χ0) is 23.6. The van der Waals surface area contributed by atoms with Crippen molar-refractivity contribution in [1.82, 2.24) is 4.98 Å². The molecule has 2 atom stereocenters. The monoisotopic (exact) mass is 508 g/mol. The number of carbonyl (C=O) groups is 2. The second kappa shape index (κ2) is 7.94. The highest BCUT2D eigenvalue weighted by atomic mass is 35.5. The molecule has 6 rings (SSSR count). The van der Waals surface area contributed by atoms with Gasteiger partial charge in [-0.05, 0) is 60.3 Å². The van der Waals surface area contributed by atoms with E-state index < -0.39 is 17.7 Å². The first-order valence-corrected chi connectivity index (χ1v) is 12.7. The summed E-state index contributed by atoms with van der Waals surface area (Å²) in [6.45, 7) is 1.98. The molecule has 1 fully saturated rings. The van der Waals surface area contributed by atoms with Crippen molar-refractivity contribution in [2.45, 2.75) is 25.5 Å². The Morgan fingerprint density at radius 3 is 2.85 bits per heavy atom. The van der Waals surface area contributed by atoms with Crippen LogP contribution in [0.2, 0.25) is 5.02 Å². The van der Waals surface area contributed by atoms with E-state index in [4.69, 9.17) is 16.3 Å². The molecular weight excluding hydrogens is 492 g/mol. The third kappa shape index (κ3) is 3.33. The van der Waals surface area contributed by atoms with Gasteiger partial charge in [0.25, 0.3) is 5.78 Å². The van der Waals surface area contributed by atoms with Crippen LogP contribution in [-0.2, 0) is 16.0 Å². The van der Waals surface area contributed by atoms with Crippen molar-refractivity contribution in [3.8, 4) is 5.75 Å². The average Bonchev–Trinajstić information content (AvgIpc) is 3.58. The van der Waals surface area contributed by atoms with Crippen LogP contribution < -0.4 is 9.64 Å². The molecule has 4 heterocycles. The third-order valence-corrected chi connectivity index (χ3v) is 8.15. The normalized spacial score (nSPS) is 21.3. The molecule has 0 spiro atoms. The summed E-state index contributed by atoms with van der Waals surface area (Å²) >= 11 is 8.82. The summed E-state index contributed by atoms with van der Waals surface area (Å²) in [6, 6.07) is 13.6. The molecule has 0 radical (unpaired) electrons. The van der Waals surface area contributed by atoms with Gasteiger partial charge in [0.2, 0.25) is 0 Å². The summed E-state index contributed by atoms with van der Waals surface area (Å²) in [5.74, 6) is -0.889. The van der Waals surface area contributed by atoms with Crippen LogP contribution in [0, 0.1) is 0 Å². The predicted molar refractivity (Wildman–Crippen MR) is 134 cm³/mol. The van der Waals surface area contributed by atoms with Gasteiger partial charge in [-0.2, -0.15) is 0 Å². The number of hydrogen-bond donors (Lipinski definition) is 1. The van der Waals surface area contributed by atoms with Crippen LogP contribution in [0.4, 0.5) is 5.13 Å². The fourth-order valence-electron chi connectivity index (χ4n) is 4.46. The highest BCUT2D eigenvalue weighted by Gasteiger charge is 2.48. The fraction of sp³-hybridized carbons (Fsp3) is 0.160. The zero-order valence-electron chi connectivity index (χ0n) is 17.8. The van der Waals surface area contributed by atoms with Gasteiger partial charge in [-0.3, -0.25) is 14.5 Å². The topological polar surface area (TPSA) is 79.7 Å². The number of anilines is 1. The van der Waals surface area contributed by atoms with Gasteiger partial charge in [0.15, 0.2) is 5.13 Å². The third-order valence-electron chi connectivity index (χ3n) is 5.97. The number of Topliss-reactive ketones (excluding diaryl/α,β-unsaturated/α-hetero) is 1. The summed E-state index contributed by atoms with van der Waals surface area (Å²) in [7, 11) is 0. The number of ketones is 1. The minimum Gasteiger partial charge on any atom is -0.507 e. The molecule has 170 valence electrons. The van der Waals surface area contributed by atoms with E-state index in [9.17, 15) is 14.7 Å². The maximum Gasteiger partial charge on any atom is 0.301 e. The number of carbonyl (C=O) groups excluding carboxylic acids is 2. The van der Waals surface area contributed by atoms with Crippen LogP contribution >= 0.6 is 34.3 Å². The summed E-state index contributed by atoms with van der Waals surface area (Å²) in [5, 5.41) is 14.1. The van der Waals surface area contributed by atoms with E-state index in [0.717, 1.165) is 20.9 Å². The first-order valence-electron chi connectivity index (χ1n) is 10.6. The average molecular weight is 509 g/mol. The number of aliphatic hydroxyl groups excluding tert-OH is 1. The molecule has 0 aliphatic carbocycles. The van der Waals surface area contributed by atoms with E-state index in [0.29, 0.717) is 27.7 Å². The molecule has 0 saturated carbocycles. The number of ether oxygens (including phenoxy) is 1. The van der Waals surface area contributed by atoms with Gasteiger partial charge >= 0.3 is 5.91 Å². The maximum absolute atomic E-state index is 13.3. The fourth-order valence-corrected chi connectivity index (χ4v) is 6.55. The van der Waals surface area contributed by atoms with Crippen molar-refractivity contribution in [2.24, 2.45) is 0 Å². The first kappa shape index (κ1) is 21.3. The van der Waals surface area contributed by atoms with Crippen molar-refractivity contribution < 1.29 is 19.4 Å². The molecule has 1 N–H and O–H groups in total. The lowest BCUT2D eigenvalue weighted by Gasteiger charge is -2.21. The predicted octanol–water partition coefficient (Wildman–Crippen LogP) is 5.96. The summed E-state index contributed by atoms with van der Waals surface area (Å²) in [6.07, 6.45) is 0.768. The van der Waals surface area contributed by atoms with Gasteiger partial charge in [0, 0.05) is 21.9 Å². The lowest BCUT2D eigenvalue weighted by Crippen LogP contribution is -2.28. The Morgan fingerprint density at radius 1 is 1.21 bits per heavy atom. The lowest BCUT2D eigenvalue weighted by atomic mass is 9.98. The number of benzene rings is 2. The van der Waals surface area contributed by atoms with Gasteiger partial charge < -0.3 is 9.84 Å². The van der Waals surface area contributed by atoms with E-state index in [1.807, 2.05) is 30.5 Å². The van der Waals surface area contributed by atoms with Crippen molar-refractivity contribution in [3.63, 3.8) is 0 Å². The molecule has 34 heavy (non-hydrogen) atoms. The number of halogens is 1. The number of thiophene rings is 1. The number of hydrogen-bond acceptors (Lipinski definition) is 7. The van der Waals surface area contributed by atoms with Gasteiger partial charge in [-0.15, -0.1) is 11.3 Å². The number of aliphatic hydroxyl groups is 1. The summed E-state index contributed by atoms with van der Waals surface area (Å²) in [5.41, 5.74) is 2.18. The minimum absolute atomic E-state index is 0.0524. The lowest BCUT2D eigenvalue weighted by molar-refractivity contribution is -0.132. The second-order valence-electron chi connectivity index (χ2n) is 8.25. The molecule has 6 nitrogen and oxygen atoms in total. The van der Waals surface area contributed by atoms with Crippen molar-refractivity contribution in [1.29, 1.82) is 0 Å². The van der Waals surface area contributed by atoms with E-state index in [1.165, 1.54) is 27.6 Å². The Kier molecular flexibility index (Phi) is 4.98. The van der Waals surface area contributed by atoms with E-state index >= 15 is 0 Å². The van der Waals surface area contributed by atoms with E-state index in [1.54, 1.807) is 30.3 Å². The van der Waals surface area contributed by atoms with E-state index in [-0.39, 0.29) is 17.4 Å². The van der Waals surface area contributed by atoms with Crippen LogP contribution in [0.25, 0.3) is 16.0 Å². The Morgan fingerprint density at radius 2 is 2.06 bits per heavy atom. The molecule has 2 aromatic carbocycles. The summed E-state index contributed by atoms with van der Waals surface area (Å²) in [4.78, 5) is 33.3. The molecule has 2 aromatic heterocycles. The Balaban J connectivity index is 1.51. The highest BCUT2D eigenvalue weighted by molar-refractivity contribution is 7.22. The van der Waals surface area contributed by atoms with Crippen LogP contribution in [0.3, 0.4) is 0 Å². The molecule has 0 bridgehead atoms. The van der Waals surface area contributed by atoms with Crippen LogP contribution in [0.1, 0.15) is 29.0 Å². The standard InChI is InChI=1S/C25H17ClN2O4S2/c1-12-9-14-10-13(4-7-17(14)32-12)22(29)20-21(18-3-2-8-33-18)28(24(31)23(20)30)25-27-16-6-5-15(26)11-19(16)34-25/h2-8,10-12,21,29H,9H2,1H3/b22-20+/t12-,21-/m1/s1. The van der Waals surface area contributed by atoms with Gasteiger partial charge in [0.1, 0.15) is 23.7 Å². The zero-order valence-corrected chi connectivity index (χ0v) is 20.2. The number of thiazole rings is 1. The molecule has 2 aliphatic rings. The number of rotatable bonds is 3. The number of amides is 1. The SMILES string of the molecule is C[C@@H]1Cc2cc(/C(O)=C3\C(=O)C(=O)N(c4nc5ccc(Cl)cc5s4)[C@@H]3c3cccs3)ccc2O1. The molecule has 1 saturated heterocycles. The van der Waals surface area contributed by atoms with Crippen molar-refractivity contribution in [3.05, 3.63) is 80.5 Å². The van der Waals surface area contributed by atoms with Gasteiger partial charge in [-0.25, -0.2) is 4.98 Å². The van der Waals surface area contributed by atoms with Gasteiger partial charge in [0.05, 0.1) is 15.8 Å². The minimum atomic E-state index is -0.778. The van der Waals surface area contributed by atoms with E-state index in [2.05, 4.69) is 4.98 Å². The molecular formula is C25H17ClN2O4S2. The number of nitrogens with zero attached hydrogens (tertiary/aromatic N) is 2. The van der Waals surface area contributed by atoms with Crippen LogP contribution in [0.15, 0.2) is 59.5 Å². The Bertz CT molecular complexity index is 1510.